The Bertz CT molecular complexity index is 1020. The lowest BCUT2D eigenvalue weighted by molar-refractivity contribution is -0.154. The molecule has 0 bridgehead atoms. The number of fused-ring (bicyclic) bond motifs is 3. The van der Waals surface area contributed by atoms with Gasteiger partial charge in [-0.1, -0.05) is 6.92 Å². The SMILES string of the molecule is COc1ccc2c(c1)NC[C@H](C)c1nnc(-c3ccc(OCC(F)(F)F)nc3)n1-2. The molecule has 29 heavy (non-hydrogen) atoms. The van der Waals surface area contributed by atoms with Crippen LogP contribution in [0.4, 0.5) is 18.9 Å². The lowest BCUT2D eigenvalue weighted by atomic mass is 10.1. The van der Waals surface area contributed by atoms with Crippen LogP contribution in [0.2, 0.25) is 0 Å². The van der Waals surface area contributed by atoms with Gasteiger partial charge in [-0.25, -0.2) is 4.98 Å². The molecule has 4 rings (SSSR count). The Balaban J connectivity index is 1.72. The summed E-state index contributed by atoms with van der Waals surface area (Å²) in [5.41, 5.74) is 2.33. The van der Waals surface area contributed by atoms with E-state index in [-0.39, 0.29) is 11.8 Å². The Morgan fingerprint density at radius 1 is 1.21 bits per heavy atom. The van der Waals surface area contributed by atoms with Gasteiger partial charge in [-0.15, -0.1) is 10.2 Å². The monoisotopic (exact) mass is 405 g/mol. The van der Waals surface area contributed by atoms with Crippen LogP contribution in [0.1, 0.15) is 18.7 Å². The molecule has 0 amide bonds. The first-order chi connectivity index (χ1) is 13.9. The van der Waals surface area contributed by atoms with Gasteiger partial charge in [0.15, 0.2) is 12.4 Å². The van der Waals surface area contributed by atoms with Crippen LogP contribution in [0.15, 0.2) is 36.5 Å². The smallest absolute Gasteiger partial charge is 0.422 e. The predicted octanol–water partition coefficient (Wildman–Crippen LogP) is 3.81. The molecule has 0 saturated heterocycles. The maximum atomic E-state index is 12.3. The molecule has 1 atom stereocenters. The third-order valence-electron chi connectivity index (χ3n) is 4.55. The van der Waals surface area contributed by atoms with E-state index in [4.69, 9.17) is 4.74 Å². The van der Waals surface area contributed by atoms with Crippen molar-refractivity contribution in [3.63, 3.8) is 0 Å². The summed E-state index contributed by atoms with van der Waals surface area (Å²) in [6, 6.07) is 8.64. The largest absolute Gasteiger partial charge is 0.497 e. The van der Waals surface area contributed by atoms with Gasteiger partial charge in [0.25, 0.3) is 0 Å². The zero-order valence-electron chi connectivity index (χ0n) is 15.7. The fourth-order valence-electron chi connectivity index (χ4n) is 3.13. The summed E-state index contributed by atoms with van der Waals surface area (Å²) >= 11 is 0. The number of methoxy groups -OCH3 is 1. The van der Waals surface area contributed by atoms with Crippen LogP contribution in [0.5, 0.6) is 11.6 Å². The minimum absolute atomic E-state index is 0.0806. The molecule has 0 aliphatic carbocycles. The molecular formula is C19H18F3N5O2. The number of benzene rings is 1. The lowest BCUT2D eigenvalue weighted by Gasteiger charge is -2.13. The molecule has 10 heteroatoms. The van der Waals surface area contributed by atoms with Crippen molar-refractivity contribution in [3.05, 3.63) is 42.4 Å². The highest BCUT2D eigenvalue weighted by molar-refractivity contribution is 5.69. The number of rotatable bonds is 4. The molecule has 0 fully saturated rings. The van der Waals surface area contributed by atoms with E-state index in [2.05, 4.69) is 25.2 Å². The number of hydrogen-bond acceptors (Lipinski definition) is 6. The second-order valence-corrected chi connectivity index (χ2v) is 6.67. The normalized spacial score (nSPS) is 15.7. The molecule has 0 saturated carbocycles. The molecule has 2 aromatic heterocycles. The van der Waals surface area contributed by atoms with Gasteiger partial charge in [0, 0.05) is 36.4 Å². The molecule has 0 spiro atoms. The summed E-state index contributed by atoms with van der Waals surface area (Å²) in [7, 11) is 1.60. The first-order valence-corrected chi connectivity index (χ1v) is 8.89. The van der Waals surface area contributed by atoms with Crippen molar-refractivity contribution in [1.82, 2.24) is 19.7 Å². The maximum Gasteiger partial charge on any atom is 0.422 e. The summed E-state index contributed by atoms with van der Waals surface area (Å²) in [5, 5.41) is 12.0. The van der Waals surface area contributed by atoms with Crippen molar-refractivity contribution in [1.29, 1.82) is 0 Å². The average Bonchev–Trinajstić information content (AvgIpc) is 3.09. The zero-order chi connectivity index (χ0) is 20.6. The van der Waals surface area contributed by atoms with Crippen LogP contribution in [0.25, 0.3) is 17.1 Å². The van der Waals surface area contributed by atoms with E-state index in [9.17, 15) is 13.2 Å². The molecule has 1 aliphatic heterocycles. The van der Waals surface area contributed by atoms with Crippen molar-refractivity contribution in [2.24, 2.45) is 0 Å². The van der Waals surface area contributed by atoms with E-state index < -0.39 is 12.8 Å². The Hall–Kier alpha value is -3.30. The number of alkyl halides is 3. The molecule has 7 nitrogen and oxygen atoms in total. The molecule has 1 N–H and O–H groups in total. The fraction of sp³-hybridized carbons (Fsp3) is 0.316. The van der Waals surface area contributed by atoms with Gasteiger partial charge >= 0.3 is 6.18 Å². The van der Waals surface area contributed by atoms with Gasteiger partial charge in [0.05, 0.1) is 18.5 Å². The highest BCUT2D eigenvalue weighted by Gasteiger charge is 2.29. The minimum atomic E-state index is -4.42. The van der Waals surface area contributed by atoms with Gasteiger partial charge in [-0.3, -0.25) is 4.57 Å². The molecule has 3 aromatic rings. The van der Waals surface area contributed by atoms with E-state index in [1.165, 1.54) is 12.3 Å². The Morgan fingerprint density at radius 2 is 2.03 bits per heavy atom. The number of nitrogens with zero attached hydrogens (tertiary/aromatic N) is 4. The van der Waals surface area contributed by atoms with Crippen molar-refractivity contribution in [2.45, 2.75) is 19.0 Å². The molecule has 0 unspecified atom stereocenters. The number of ether oxygens (including phenoxy) is 2. The molecular weight excluding hydrogens is 387 g/mol. The van der Waals surface area contributed by atoms with Crippen LogP contribution in [-0.2, 0) is 0 Å². The molecule has 1 aromatic carbocycles. The fourth-order valence-corrected chi connectivity index (χ4v) is 3.13. The van der Waals surface area contributed by atoms with E-state index in [1.54, 1.807) is 13.2 Å². The molecule has 3 heterocycles. The number of nitrogens with one attached hydrogen (secondary N) is 1. The second kappa shape index (κ2) is 7.26. The van der Waals surface area contributed by atoms with Crippen molar-refractivity contribution in [3.8, 4) is 28.7 Å². The molecule has 152 valence electrons. The van der Waals surface area contributed by atoms with E-state index in [1.807, 2.05) is 29.7 Å². The zero-order valence-corrected chi connectivity index (χ0v) is 15.7. The van der Waals surface area contributed by atoms with Crippen LogP contribution >= 0.6 is 0 Å². The average molecular weight is 405 g/mol. The standard InChI is InChI=1S/C19H18F3N5O2/c1-11-8-23-14-7-13(28-2)4-5-15(14)27-17(11)25-26-18(27)12-3-6-16(24-9-12)29-10-19(20,21)22/h3-7,9,11,23H,8,10H2,1-2H3/t11-/m0/s1. The highest BCUT2D eigenvalue weighted by atomic mass is 19.4. The van der Waals surface area contributed by atoms with E-state index >= 15 is 0 Å². The van der Waals surface area contributed by atoms with E-state index in [0.717, 1.165) is 22.9 Å². The topological polar surface area (TPSA) is 74.1 Å². The third-order valence-corrected chi connectivity index (χ3v) is 4.55. The lowest BCUT2D eigenvalue weighted by Crippen LogP contribution is -2.19. The van der Waals surface area contributed by atoms with Crippen molar-refractivity contribution < 1.29 is 22.6 Å². The van der Waals surface area contributed by atoms with Gasteiger partial charge in [0.1, 0.15) is 11.6 Å². The van der Waals surface area contributed by atoms with Gasteiger partial charge in [-0.05, 0) is 18.2 Å². The summed E-state index contributed by atoms with van der Waals surface area (Å²) in [6.45, 7) is 1.31. The quantitative estimate of drug-likeness (QED) is 0.712. The second-order valence-electron chi connectivity index (χ2n) is 6.67. The van der Waals surface area contributed by atoms with E-state index in [0.29, 0.717) is 17.9 Å². The number of halogens is 3. The Morgan fingerprint density at radius 3 is 2.72 bits per heavy atom. The van der Waals surface area contributed by atoms with Crippen LogP contribution in [-0.4, -0.2) is 46.2 Å². The van der Waals surface area contributed by atoms with Crippen LogP contribution < -0.4 is 14.8 Å². The first kappa shape index (κ1) is 19.0. The van der Waals surface area contributed by atoms with Gasteiger partial charge in [0.2, 0.25) is 5.88 Å². The Kier molecular flexibility index (Phi) is 4.77. The number of hydrogen-bond donors (Lipinski definition) is 1. The molecule has 0 radical (unpaired) electrons. The predicted molar refractivity (Wildman–Crippen MR) is 99.6 cm³/mol. The van der Waals surface area contributed by atoms with Gasteiger partial charge in [-0.2, -0.15) is 13.2 Å². The van der Waals surface area contributed by atoms with Crippen LogP contribution in [0, 0.1) is 0 Å². The third kappa shape index (κ3) is 3.82. The Labute approximate surface area is 164 Å². The summed E-state index contributed by atoms with van der Waals surface area (Å²) in [5.74, 6) is 2.00. The van der Waals surface area contributed by atoms with Crippen LogP contribution in [0.3, 0.4) is 0 Å². The van der Waals surface area contributed by atoms with Crippen molar-refractivity contribution in [2.75, 3.05) is 25.6 Å². The molecule has 1 aliphatic rings. The summed E-state index contributed by atoms with van der Waals surface area (Å²) in [6.07, 6.45) is -2.99. The summed E-state index contributed by atoms with van der Waals surface area (Å²) in [4.78, 5) is 3.97. The highest BCUT2D eigenvalue weighted by Crippen LogP contribution is 2.35. The van der Waals surface area contributed by atoms with Gasteiger partial charge < -0.3 is 14.8 Å². The number of pyridine rings is 1. The summed E-state index contributed by atoms with van der Waals surface area (Å²) < 4.78 is 48.8. The van der Waals surface area contributed by atoms with Crippen molar-refractivity contribution >= 4 is 5.69 Å². The first-order valence-electron chi connectivity index (χ1n) is 8.89. The maximum absolute atomic E-state index is 12.3. The number of anilines is 1. The number of aromatic nitrogens is 4. The minimum Gasteiger partial charge on any atom is -0.497 e.